The van der Waals surface area contributed by atoms with Gasteiger partial charge in [0.1, 0.15) is 0 Å². The predicted octanol–water partition coefficient (Wildman–Crippen LogP) is -2.34. The summed E-state index contributed by atoms with van der Waals surface area (Å²) >= 11 is 1.06. The summed E-state index contributed by atoms with van der Waals surface area (Å²) in [7, 11) is 0. The third kappa shape index (κ3) is 30.3. The van der Waals surface area contributed by atoms with Gasteiger partial charge in [-0.1, -0.05) is 13.3 Å². The van der Waals surface area contributed by atoms with E-state index in [1.165, 1.54) is 0 Å². The second-order valence-electron chi connectivity index (χ2n) is 1.08. The first-order valence-corrected chi connectivity index (χ1v) is 2.78. The van der Waals surface area contributed by atoms with Crippen molar-refractivity contribution in [3.63, 3.8) is 0 Å². The molecule has 2 nitrogen and oxygen atoms in total. The molecule has 0 aromatic rings. The summed E-state index contributed by atoms with van der Waals surface area (Å²) in [5.74, 6) is 0. The van der Waals surface area contributed by atoms with Crippen LogP contribution in [0.4, 0.5) is 0 Å². The Morgan fingerprint density at radius 1 is 1.50 bits per heavy atom. The quantitative estimate of drug-likeness (QED) is 0.512. The molecule has 8 heavy (non-hydrogen) atoms. The first-order valence-electron chi connectivity index (χ1n) is 2.21. The summed E-state index contributed by atoms with van der Waals surface area (Å²) in [5, 5.41) is 8.07. The third-order valence-electron chi connectivity index (χ3n) is 0.512. The van der Waals surface area contributed by atoms with E-state index in [0.29, 0.717) is 6.61 Å². The fraction of sp³-hybridized carbons (Fsp3) is 1.00. The van der Waals surface area contributed by atoms with Crippen molar-refractivity contribution in [2.75, 3.05) is 6.61 Å². The maximum absolute atomic E-state index is 8.19. The molecule has 0 aliphatic rings. The van der Waals surface area contributed by atoms with Crippen LogP contribution in [0.2, 0.25) is 0 Å². The van der Waals surface area contributed by atoms with Gasteiger partial charge in [-0.2, -0.15) is 0 Å². The van der Waals surface area contributed by atoms with Gasteiger partial charge in [0, 0.05) is 6.61 Å². The van der Waals surface area contributed by atoms with E-state index in [2.05, 4.69) is 6.92 Å². The second kappa shape index (κ2) is 25.4. The molecule has 0 heterocycles. The van der Waals surface area contributed by atoms with Gasteiger partial charge in [-0.25, -0.2) is 0 Å². The van der Waals surface area contributed by atoms with Crippen LogP contribution in [0, 0.1) is 0 Å². The number of aliphatic hydroxyl groups is 1. The van der Waals surface area contributed by atoms with E-state index in [1.807, 2.05) is 0 Å². The Labute approximate surface area is 65.3 Å². The normalized spacial score (nSPS) is 5.62. The van der Waals surface area contributed by atoms with E-state index >= 15 is 0 Å². The molecule has 0 fully saturated rings. The number of hydrogen-bond acceptors (Lipinski definition) is 2. The molecule has 0 radical (unpaired) electrons. The van der Waals surface area contributed by atoms with Gasteiger partial charge in [0.25, 0.3) is 0 Å². The van der Waals surface area contributed by atoms with Gasteiger partial charge in [0.05, 0.1) is 0 Å². The summed E-state index contributed by atoms with van der Waals surface area (Å²) in [5.41, 5.74) is 0. The van der Waals surface area contributed by atoms with Crippen LogP contribution >= 0.6 is 0 Å². The third-order valence-corrected chi connectivity index (χ3v) is 0.512. The van der Waals surface area contributed by atoms with Crippen LogP contribution in [0.25, 0.3) is 0 Å². The number of aliphatic hydroxyl groups excluding tert-OH is 1. The SMILES string of the molecule is CCCCO.[Cl-].[O]=[V]. The molecular formula is C4H10ClO2V-. The number of hydrogen-bond donors (Lipinski definition) is 1. The standard InChI is InChI=1S/C4H10O.ClH.O.V/c1-2-3-4-5;;;/h5H,2-4H2,1H3;1H;;/p-1. The fourth-order valence-electron chi connectivity index (χ4n) is 0.158. The van der Waals surface area contributed by atoms with Crippen molar-refractivity contribution >= 4 is 0 Å². The topological polar surface area (TPSA) is 37.3 Å². The summed E-state index contributed by atoms with van der Waals surface area (Å²) in [6, 6.07) is 0. The van der Waals surface area contributed by atoms with E-state index in [9.17, 15) is 0 Å². The molecule has 1 N–H and O–H groups in total. The number of rotatable bonds is 2. The molecule has 0 spiro atoms. The fourth-order valence-corrected chi connectivity index (χ4v) is 0.158. The maximum atomic E-state index is 8.19. The van der Waals surface area contributed by atoms with Gasteiger partial charge in [-0.3, -0.25) is 0 Å². The van der Waals surface area contributed by atoms with Crippen molar-refractivity contribution in [1.82, 2.24) is 0 Å². The van der Waals surface area contributed by atoms with Crippen molar-refractivity contribution < 1.29 is 38.6 Å². The Hall–Kier alpha value is 0.634. The van der Waals surface area contributed by atoms with Crippen molar-refractivity contribution in [2.24, 2.45) is 0 Å². The molecule has 0 saturated carbocycles. The van der Waals surface area contributed by atoms with Crippen molar-refractivity contribution in [1.29, 1.82) is 0 Å². The molecule has 4 heteroatoms. The molecular weight excluding hydrogens is 166 g/mol. The van der Waals surface area contributed by atoms with E-state index in [0.717, 1.165) is 30.2 Å². The Balaban J connectivity index is -0.0000000750. The molecule has 0 rings (SSSR count). The molecule has 51 valence electrons. The van der Waals surface area contributed by atoms with E-state index in [-0.39, 0.29) is 12.4 Å². The molecule has 0 aromatic heterocycles. The van der Waals surface area contributed by atoms with Crippen molar-refractivity contribution in [3.05, 3.63) is 0 Å². The van der Waals surface area contributed by atoms with Gasteiger partial charge in [-0.15, -0.1) is 0 Å². The average molecular weight is 177 g/mol. The zero-order valence-electron chi connectivity index (χ0n) is 4.80. The molecule has 0 atom stereocenters. The molecule has 0 aromatic carbocycles. The van der Waals surface area contributed by atoms with Gasteiger partial charge < -0.3 is 17.5 Å². The minimum absolute atomic E-state index is 0. The van der Waals surface area contributed by atoms with Gasteiger partial charge in [0.15, 0.2) is 0 Å². The van der Waals surface area contributed by atoms with E-state index in [1.54, 1.807) is 0 Å². The van der Waals surface area contributed by atoms with Gasteiger partial charge in [0.2, 0.25) is 0 Å². The second-order valence-corrected chi connectivity index (χ2v) is 1.08. The monoisotopic (exact) mass is 176 g/mol. The van der Waals surface area contributed by atoms with Crippen LogP contribution in [0.3, 0.4) is 0 Å². The van der Waals surface area contributed by atoms with E-state index in [4.69, 9.17) is 8.78 Å². The van der Waals surface area contributed by atoms with Gasteiger partial charge >= 0.3 is 21.0 Å². The zero-order chi connectivity index (χ0) is 6.12. The van der Waals surface area contributed by atoms with Crippen LogP contribution in [-0.2, 0) is 21.0 Å². The van der Waals surface area contributed by atoms with Crippen LogP contribution in [0.5, 0.6) is 0 Å². The van der Waals surface area contributed by atoms with Crippen LogP contribution in [0.1, 0.15) is 19.8 Å². The van der Waals surface area contributed by atoms with Crippen LogP contribution in [-0.4, -0.2) is 11.7 Å². The Kier molecular flexibility index (Phi) is 50.4. The average Bonchev–Trinajstić information content (AvgIpc) is 1.75. The molecule has 0 aliphatic carbocycles. The molecule has 0 unspecified atom stereocenters. The van der Waals surface area contributed by atoms with E-state index < -0.39 is 0 Å². The molecule has 0 bridgehead atoms. The van der Waals surface area contributed by atoms with Crippen molar-refractivity contribution in [2.45, 2.75) is 19.8 Å². The summed E-state index contributed by atoms with van der Waals surface area (Å²) in [6.45, 7) is 2.40. The molecule has 0 aliphatic heterocycles. The Morgan fingerprint density at radius 3 is 1.88 bits per heavy atom. The Bertz CT molecular complexity index is 28.0. The van der Waals surface area contributed by atoms with Gasteiger partial charge in [-0.05, 0) is 6.42 Å². The van der Waals surface area contributed by atoms with Crippen LogP contribution in [0.15, 0.2) is 0 Å². The van der Waals surface area contributed by atoms with Crippen molar-refractivity contribution in [3.8, 4) is 0 Å². The summed E-state index contributed by atoms with van der Waals surface area (Å²) < 4.78 is 8.19. The predicted molar refractivity (Wildman–Crippen MR) is 22.7 cm³/mol. The number of unbranched alkanes of at least 4 members (excludes halogenated alkanes) is 1. The number of halogens is 1. The minimum atomic E-state index is 0. The molecule has 0 amide bonds. The first-order chi connectivity index (χ1) is 3.41. The first kappa shape index (κ1) is 15.9. The Morgan fingerprint density at radius 2 is 1.88 bits per heavy atom. The summed E-state index contributed by atoms with van der Waals surface area (Å²) in [6.07, 6.45) is 2.04. The molecule has 0 saturated heterocycles. The van der Waals surface area contributed by atoms with Crippen LogP contribution < -0.4 is 12.4 Å². The zero-order valence-corrected chi connectivity index (χ0v) is 6.95. The summed E-state index contributed by atoms with van der Waals surface area (Å²) in [4.78, 5) is 0.